The Morgan fingerprint density at radius 1 is 0.600 bits per heavy atom. The zero-order valence-electron chi connectivity index (χ0n) is 21.7. The van der Waals surface area contributed by atoms with Gasteiger partial charge in [-0.3, -0.25) is 9.59 Å². The molecule has 6 heteroatoms. The highest BCUT2D eigenvalue weighted by Gasteiger charge is 2.05. The first-order valence-electron chi connectivity index (χ1n) is 13.9. The highest BCUT2D eigenvalue weighted by atomic mass is 32.2. The third kappa shape index (κ3) is 20.2. The van der Waals surface area contributed by atoms with Gasteiger partial charge >= 0.3 is 11.9 Å². The summed E-state index contributed by atoms with van der Waals surface area (Å²) in [5.74, 6) is 0.311. The van der Waals surface area contributed by atoms with Gasteiger partial charge in [0.15, 0.2) is 0 Å². The third-order valence-corrected chi connectivity index (χ3v) is 7.33. The van der Waals surface area contributed by atoms with Gasteiger partial charge in [-0.1, -0.05) is 102 Å². The van der Waals surface area contributed by atoms with Crippen molar-refractivity contribution in [2.45, 2.75) is 127 Å². The quantitative estimate of drug-likeness (QED) is 0.101. The van der Waals surface area contributed by atoms with Gasteiger partial charge in [-0.25, -0.2) is 0 Å². The van der Waals surface area contributed by atoms with E-state index < -0.39 is 11.9 Å². The smallest absolute Gasteiger partial charge is 0.303 e. The highest BCUT2D eigenvalue weighted by Crippen LogP contribution is 2.30. The van der Waals surface area contributed by atoms with Gasteiger partial charge in [0.1, 0.15) is 5.75 Å². The number of hydrogen-bond donors (Lipinski definition) is 2. The van der Waals surface area contributed by atoms with Gasteiger partial charge in [-0.05, 0) is 37.1 Å². The summed E-state index contributed by atoms with van der Waals surface area (Å²) in [6.07, 6.45) is 21.2. The summed E-state index contributed by atoms with van der Waals surface area (Å²) in [5, 5.41) is 17.4. The van der Waals surface area contributed by atoms with E-state index in [-0.39, 0.29) is 6.42 Å². The van der Waals surface area contributed by atoms with Crippen LogP contribution in [0.25, 0.3) is 0 Å². The fraction of sp³-hybridized carbons (Fsp3) is 0.724. The maximum Gasteiger partial charge on any atom is 0.303 e. The Labute approximate surface area is 217 Å². The number of unbranched alkanes of at least 4 members (excludes halogenated alkanes) is 15. The molecule has 200 valence electrons. The van der Waals surface area contributed by atoms with Gasteiger partial charge in [0.2, 0.25) is 0 Å². The number of ether oxygens (including phenoxy) is 1. The van der Waals surface area contributed by atoms with Crippen LogP contribution >= 0.6 is 11.8 Å². The Morgan fingerprint density at radius 2 is 1.03 bits per heavy atom. The molecule has 5 nitrogen and oxygen atoms in total. The van der Waals surface area contributed by atoms with Gasteiger partial charge in [-0.2, -0.15) is 0 Å². The SMILES string of the molecule is O=C(O)CCCCCCCCCCCCCCCCCCOc1ccccc1SCCCC(=O)O. The van der Waals surface area contributed by atoms with Crippen molar-refractivity contribution in [3.8, 4) is 5.75 Å². The van der Waals surface area contributed by atoms with Crippen LogP contribution < -0.4 is 4.74 Å². The predicted octanol–water partition coefficient (Wildman–Crippen LogP) is 8.74. The Hall–Kier alpha value is -1.69. The van der Waals surface area contributed by atoms with E-state index in [4.69, 9.17) is 14.9 Å². The minimum absolute atomic E-state index is 0.218. The molecule has 0 saturated carbocycles. The number of para-hydroxylation sites is 1. The Balaban J connectivity index is 1.86. The molecule has 1 rings (SSSR count). The second-order valence-corrected chi connectivity index (χ2v) is 10.6. The number of aliphatic carboxylic acids is 2. The molecule has 0 bridgehead atoms. The number of carboxylic acids is 2. The summed E-state index contributed by atoms with van der Waals surface area (Å²) >= 11 is 1.68. The van der Waals surface area contributed by atoms with E-state index in [1.807, 2.05) is 24.3 Å². The molecule has 35 heavy (non-hydrogen) atoms. The average molecular weight is 509 g/mol. The summed E-state index contributed by atoms with van der Waals surface area (Å²) < 4.78 is 5.99. The molecule has 0 aromatic heterocycles. The molecule has 0 unspecified atom stereocenters. The third-order valence-electron chi connectivity index (χ3n) is 6.18. The predicted molar refractivity (Wildman–Crippen MR) is 146 cm³/mol. The van der Waals surface area contributed by atoms with Crippen molar-refractivity contribution in [2.24, 2.45) is 0 Å². The first-order valence-corrected chi connectivity index (χ1v) is 14.9. The minimum Gasteiger partial charge on any atom is -0.492 e. The van der Waals surface area contributed by atoms with E-state index in [2.05, 4.69) is 0 Å². The topological polar surface area (TPSA) is 83.8 Å². The zero-order valence-corrected chi connectivity index (χ0v) is 22.5. The molecule has 2 N–H and O–H groups in total. The van der Waals surface area contributed by atoms with E-state index in [1.165, 1.54) is 83.5 Å². The largest absolute Gasteiger partial charge is 0.492 e. The minimum atomic E-state index is -0.735. The molecule has 0 aliphatic rings. The van der Waals surface area contributed by atoms with Crippen LogP contribution in [0.15, 0.2) is 29.2 Å². The van der Waals surface area contributed by atoms with Crippen LogP contribution in [0.4, 0.5) is 0 Å². The van der Waals surface area contributed by atoms with E-state index in [1.54, 1.807) is 11.8 Å². The average Bonchev–Trinajstić information content (AvgIpc) is 2.83. The van der Waals surface area contributed by atoms with Crippen molar-refractivity contribution >= 4 is 23.7 Å². The fourth-order valence-corrected chi connectivity index (χ4v) is 5.08. The number of thioether (sulfide) groups is 1. The molecule has 0 aliphatic carbocycles. The summed E-state index contributed by atoms with van der Waals surface area (Å²) in [6, 6.07) is 8.05. The van der Waals surface area contributed by atoms with Crippen LogP contribution in [0.5, 0.6) is 5.75 Å². The first-order chi connectivity index (χ1) is 17.1. The van der Waals surface area contributed by atoms with Gasteiger partial charge in [-0.15, -0.1) is 11.8 Å². The number of hydrogen-bond acceptors (Lipinski definition) is 4. The number of rotatable bonds is 25. The molecule has 0 amide bonds. The lowest BCUT2D eigenvalue weighted by Gasteiger charge is -2.11. The van der Waals surface area contributed by atoms with Crippen LogP contribution in [0.3, 0.4) is 0 Å². The van der Waals surface area contributed by atoms with Crippen molar-refractivity contribution < 1.29 is 24.5 Å². The second kappa shape index (κ2) is 22.8. The molecular weight excluding hydrogens is 460 g/mol. The number of benzene rings is 1. The van der Waals surface area contributed by atoms with E-state index in [0.717, 1.165) is 42.3 Å². The maximum atomic E-state index is 10.6. The molecule has 1 aromatic rings. The Kier molecular flexibility index (Phi) is 20.4. The number of carbonyl (C=O) groups is 2. The summed E-state index contributed by atoms with van der Waals surface area (Å²) in [7, 11) is 0. The number of carboxylic acid groups (broad SMARTS) is 2. The van der Waals surface area contributed by atoms with Crippen LogP contribution in [0.2, 0.25) is 0 Å². The summed E-state index contributed by atoms with van der Waals surface area (Å²) in [5.41, 5.74) is 0. The highest BCUT2D eigenvalue weighted by molar-refractivity contribution is 7.99. The van der Waals surface area contributed by atoms with Crippen molar-refractivity contribution in [1.82, 2.24) is 0 Å². The molecule has 0 radical (unpaired) electrons. The Bertz CT molecular complexity index is 664. The lowest BCUT2D eigenvalue weighted by atomic mass is 10.0. The monoisotopic (exact) mass is 508 g/mol. The van der Waals surface area contributed by atoms with Crippen molar-refractivity contribution in [2.75, 3.05) is 12.4 Å². The summed E-state index contributed by atoms with van der Waals surface area (Å²) in [6.45, 7) is 0.745. The summed E-state index contributed by atoms with van der Waals surface area (Å²) in [4.78, 5) is 22.2. The van der Waals surface area contributed by atoms with E-state index in [0.29, 0.717) is 12.8 Å². The van der Waals surface area contributed by atoms with Crippen molar-refractivity contribution in [3.63, 3.8) is 0 Å². The lowest BCUT2D eigenvalue weighted by molar-refractivity contribution is -0.138. The zero-order chi connectivity index (χ0) is 25.4. The normalized spacial score (nSPS) is 11.0. The second-order valence-electron chi connectivity index (χ2n) is 9.44. The van der Waals surface area contributed by atoms with Crippen molar-refractivity contribution in [1.29, 1.82) is 0 Å². The Morgan fingerprint density at radius 3 is 1.54 bits per heavy atom. The van der Waals surface area contributed by atoms with Crippen LogP contribution in [0, 0.1) is 0 Å². The van der Waals surface area contributed by atoms with Gasteiger partial charge < -0.3 is 14.9 Å². The fourth-order valence-electron chi connectivity index (χ4n) is 4.13. The van der Waals surface area contributed by atoms with Crippen LogP contribution in [-0.2, 0) is 9.59 Å². The van der Waals surface area contributed by atoms with Crippen LogP contribution in [0.1, 0.15) is 122 Å². The molecule has 0 heterocycles. The molecule has 0 aliphatic heterocycles. The van der Waals surface area contributed by atoms with Gasteiger partial charge in [0.05, 0.1) is 6.61 Å². The van der Waals surface area contributed by atoms with E-state index in [9.17, 15) is 9.59 Å². The molecule has 0 atom stereocenters. The lowest BCUT2D eigenvalue weighted by Crippen LogP contribution is -1.99. The van der Waals surface area contributed by atoms with Gasteiger partial charge in [0.25, 0.3) is 0 Å². The van der Waals surface area contributed by atoms with Gasteiger partial charge in [0, 0.05) is 17.7 Å². The molecule has 0 saturated heterocycles. The molecular formula is C29H48O5S. The van der Waals surface area contributed by atoms with E-state index >= 15 is 0 Å². The molecule has 0 spiro atoms. The maximum absolute atomic E-state index is 10.6. The molecule has 1 aromatic carbocycles. The standard InChI is InChI=1S/C29H48O5S/c30-28(31)22-15-13-11-9-7-5-3-1-2-4-6-8-10-12-14-18-24-34-26-20-16-17-21-27(26)35-25-19-23-29(32)33/h16-17,20-21H,1-15,18-19,22-25H2,(H,30,31)(H,32,33). The van der Waals surface area contributed by atoms with Crippen LogP contribution in [-0.4, -0.2) is 34.5 Å². The first kappa shape index (κ1) is 31.3. The van der Waals surface area contributed by atoms with Crippen molar-refractivity contribution in [3.05, 3.63) is 24.3 Å². The molecule has 0 fully saturated rings.